The third kappa shape index (κ3) is 7.43. The van der Waals surface area contributed by atoms with Gasteiger partial charge in [-0.1, -0.05) is 19.9 Å². The first kappa shape index (κ1) is 18.7. The van der Waals surface area contributed by atoms with E-state index in [0.29, 0.717) is 6.54 Å². The lowest BCUT2D eigenvalue weighted by atomic mass is 10.2. The van der Waals surface area contributed by atoms with Crippen molar-refractivity contribution < 1.29 is 4.79 Å². The number of rotatable bonds is 10. The quantitative estimate of drug-likeness (QED) is 0.388. The van der Waals surface area contributed by atoms with Gasteiger partial charge in [-0.05, 0) is 37.7 Å². The van der Waals surface area contributed by atoms with Crippen molar-refractivity contribution in [1.29, 1.82) is 5.26 Å². The molecule has 0 unspecified atom stereocenters. The molecular formula is C17H25N5O. The van der Waals surface area contributed by atoms with Gasteiger partial charge >= 0.3 is 0 Å². The SMILES string of the molecule is CCN(CC)CCCN/C=C(/C#N)C(=O)NCc1cccnc1. The van der Waals surface area contributed by atoms with Crippen molar-refractivity contribution in [2.45, 2.75) is 26.8 Å². The molecular weight excluding hydrogens is 290 g/mol. The summed E-state index contributed by atoms with van der Waals surface area (Å²) < 4.78 is 0. The van der Waals surface area contributed by atoms with Crippen LogP contribution in [0.1, 0.15) is 25.8 Å². The van der Waals surface area contributed by atoms with Crippen molar-refractivity contribution in [2.75, 3.05) is 26.2 Å². The van der Waals surface area contributed by atoms with E-state index in [2.05, 4.69) is 34.4 Å². The maximum absolute atomic E-state index is 11.9. The standard InChI is InChI=1S/C17H25N5O/c1-3-22(4-2)10-6-9-20-14-16(11-18)17(23)21-13-15-7-5-8-19-12-15/h5,7-8,12,14,20H,3-4,6,9-10,13H2,1-2H3,(H,21,23)/b16-14-. The van der Waals surface area contributed by atoms with E-state index in [0.717, 1.165) is 38.2 Å². The summed E-state index contributed by atoms with van der Waals surface area (Å²) in [5.74, 6) is -0.382. The zero-order valence-electron chi connectivity index (χ0n) is 13.9. The number of carbonyl (C=O) groups excluding carboxylic acids is 1. The number of pyridine rings is 1. The fourth-order valence-electron chi connectivity index (χ4n) is 2.05. The smallest absolute Gasteiger partial charge is 0.263 e. The van der Waals surface area contributed by atoms with E-state index < -0.39 is 0 Å². The summed E-state index contributed by atoms with van der Waals surface area (Å²) in [5, 5.41) is 14.8. The van der Waals surface area contributed by atoms with Crippen molar-refractivity contribution in [1.82, 2.24) is 20.5 Å². The number of hydrogen-bond acceptors (Lipinski definition) is 5. The molecule has 0 spiro atoms. The van der Waals surface area contributed by atoms with Gasteiger partial charge in [0.05, 0.1) is 0 Å². The monoisotopic (exact) mass is 315 g/mol. The number of aromatic nitrogens is 1. The summed E-state index contributed by atoms with van der Waals surface area (Å²) in [6, 6.07) is 5.60. The zero-order valence-corrected chi connectivity index (χ0v) is 13.9. The van der Waals surface area contributed by atoms with Gasteiger partial charge in [0.15, 0.2) is 0 Å². The Hall–Kier alpha value is -2.39. The molecule has 6 heteroatoms. The van der Waals surface area contributed by atoms with E-state index in [9.17, 15) is 4.79 Å². The lowest BCUT2D eigenvalue weighted by Crippen LogP contribution is -2.27. The Bertz CT molecular complexity index is 532. The number of carbonyl (C=O) groups is 1. The summed E-state index contributed by atoms with van der Waals surface area (Å²) >= 11 is 0. The highest BCUT2D eigenvalue weighted by molar-refractivity contribution is 5.97. The van der Waals surface area contributed by atoms with Crippen molar-refractivity contribution >= 4 is 5.91 Å². The first-order valence-corrected chi connectivity index (χ1v) is 7.94. The molecule has 0 radical (unpaired) electrons. The van der Waals surface area contributed by atoms with Crippen LogP contribution in [-0.4, -0.2) is 42.0 Å². The third-order valence-corrected chi connectivity index (χ3v) is 3.48. The fourth-order valence-corrected chi connectivity index (χ4v) is 2.05. The van der Waals surface area contributed by atoms with E-state index >= 15 is 0 Å². The lowest BCUT2D eigenvalue weighted by Gasteiger charge is -2.17. The Labute approximate surface area is 138 Å². The minimum absolute atomic E-state index is 0.0803. The molecule has 0 fully saturated rings. The van der Waals surface area contributed by atoms with Crippen molar-refractivity contribution in [3.05, 3.63) is 41.9 Å². The summed E-state index contributed by atoms with van der Waals surface area (Å²) in [7, 11) is 0. The predicted octanol–water partition coefficient (Wildman–Crippen LogP) is 1.43. The Balaban J connectivity index is 2.34. The third-order valence-electron chi connectivity index (χ3n) is 3.48. The van der Waals surface area contributed by atoms with Gasteiger partial charge in [0.1, 0.15) is 11.6 Å². The normalized spacial score (nSPS) is 11.1. The van der Waals surface area contributed by atoms with Gasteiger partial charge in [0.2, 0.25) is 0 Å². The van der Waals surface area contributed by atoms with Gasteiger partial charge < -0.3 is 15.5 Å². The van der Waals surface area contributed by atoms with E-state index in [1.54, 1.807) is 18.5 Å². The van der Waals surface area contributed by atoms with E-state index in [1.807, 2.05) is 12.1 Å². The molecule has 0 aliphatic heterocycles. The highest BCUT2D eigenvalue weighted by atomic mass is 16.1. The number of amides is 1. The van der Waals surface area contributed by atoms with Crippen molar-refractivity contribution in [3.8, 4) is 6.07 Å². The van der Waals surface area contributed by atoms with Crippen molar-refractivity contribution in [2.24, 2.45) is 0 Å². The molecule has 0 saturated carbocycles. The predicted molar refractivity (Wildman–Crippen MR) is 90.2 cm³/mol. The van der Waals surface area contributed by atoms with E-state index in [-0.39, 0.29) is 11.5 Å². The Morgan fingerprint density at radius 1 is 1.43 bits per heavy atom. The van der Waals surface area contributed by atoms with Crippen LogP contribution in [0.3, 0.4) is 0 Å². The maximum Gasteiger partial charge on any atom is 0.263 e. The minimum atomic E-state index is -0.382. The average Bonchev–Trinajstić information content (AvgIpc) is 2.60. The topological polar surface area (TPSA) is 81.0 Å². The molecule has 1 amide bonds. The molecule has 124 valence electrons. The van der Waals surface area contributed by atoms with E-state index in [4.69, 9.17) is 5.26 Å². The zero-order chi connectivity index (χ0) is 16.9. The molecule has 1 aromatic rings. The molecule has 6 nitrogen and oxygen atoms in total. The Kier molecular flexibility index (Phi) is 9.10. The van der Waals surface area contributed by atoms with Gasteiger partial charge in [-0.2, -0.15) is 5.26 Å². The lowest BCUT2D eigenvalue weighted by molar-refractivity contribution is -0.117. The van der Waals surface area contributed by atoms with Crippen LogP contribution >= 0.6 is 0 Å². The van der Waals surface area contributed by atoms with Gasteiger partial charge in [0, 0.05) is 31.7 Å². The first-order valence-electron chi connectivity index (χ1n) is 7.94. The molecule has 0 aliphatic carbocycles. The Morgan fingerprint density at radius 2 is 2.22 bits per heavy atom. The molecule has 0 aliphatic rings. The van der Waals surface area contributed by atoms with Crippen LogP contribution < -0.4 is 10.6 Å². The molecule has 1 heterocycles. The molecule has 1 aromatic heterocycles. The maximum atomic E-state index is 11.9. The highest BCUT2D eigenvalue weighted by Gasteiger charge is 2.08. The van der Waals surface area contributed by atoms with Crippen molar-refractivity contribution in [3.63, 3.8) is 0 Å². The number of hydrogen-bond donors (Lipinski definition) is 2. The largest absolute Gasteiger partial charge is 0.390 e. The second kappa shape index (κ2) is 11.2. The molecule has 2 N–H and O–H groups in total. The number of nitriles is 1. The van der Waals surface area contributed by atoms with Crippen LogP contribution in [0, 0.1) is 11.3 Å². The molecule has 1 rings (SSSR count). The number of nitrogens with one attached hydrogen (secondary N) is 2. The molecule has 0 aromatic carbocycles. The van der Waals surface area contributed by atoms with Crippen LogP contribution in [0.4, 0.5) is 0 Å². The van der Waals surface area contributed by atoms with Gasteiger partial charge in [-0.15, -0.1) is 0 Å². The van der Waals surface area contributed by atoms with E-state index in [1.165, 1.54) is 6.20 Å². The summed E-state index contributed by atoms with van der Waals surface area (Å²) in [6.07, 6.45) is 5.81. The summed E-state index contributed by atoms with van der Waals surface area (Å²) in [4.78, 5) is 18.3. The second-order valence-electron chi connectivity index (χ2n) is 5.05. The summed E-state index contributed by atoms with van der Waals surface area (Å²) in [6.45, 7) is 8.43. The van der Waals surface area contributed by atoms with Crippen LogP contribution in [0.25, 0.3) is 0 Å². The molecule has 0 bridgehead atoms. The highest BCUT2D eigenvalue weighted by Crippen LogP contribution is 1.97. The van der Waals surface area contributed by atoms with Gasteiger partial charge in [-0.25, -0.2) is 0 Å². The minimum Gasteiger partial charge on any atom is -0.390 e. The van der Waals surface area contributed by atoms with Gasteiger partial charge in [-0.3, -0.25) is 9.78 Å². The number of nitrogens with zero attached hydrogens (tertiary/aromatic N) is 3. The fraction of sp³-hybridized carbons (Fsp3) is 0.471. The van der Waals surface area contributed by atoms with Crippen LogP contribution in [0.2, 0.25) is 0 Å². The Morgan fingerprint density at radius 3 is 2.83 bits per heavy atom. The summed E-state index contributed by atoms with van der Waals surface area (Å²) in [5.41, 5.74) is 0.974. The van der Waals surface area contributed by atoms with Crippen LogP contribution in [0.15, 0.2) is 36.3 Å². The average molecular weight is 315 g/mol. The van der Waals surface area contributed by atoms with Crippen LogP contribution in [-0.2, 0) is 11.3 Å². The molecule has 0 saturated heterocycles. The van der Waals surface area contributed by atoms with Gasteiger partial charge in [0.25, 0.3) is 5.91 Å². The first-order chi connectivity index (χ1) is 11.2. The molecule has 0 atom stereocenters. The second-order valence-corrected chi connectivity index (χ2v) is 5.05. The van der Waals surface area contributed by atoms with Crippen LogP contribution in [0.5, 0.6) is 0 Å². The molecule has 23 heavy (non-hydrogen) atoms.